The highest BCUT2D eigenvalue weighted by Crippen LogP contribution is 2.37. The number of hydrogen-bond donors (Lipinski definition) is 1. The maximum Gasteiger partial charge on any atom is 0.275 e. The summed E-state index contributed by atoms with van der Waals surface area (Å²) in [6.07, 6.45) is 3.91. The van der Waals surface area contributed by atoms with Gasteiger partial charge in [-0.3, -0.25) is 4.79 Å². The van der Waals surface area contributed by atoms with E-state index in [1.165, 1.54) is 4.90 Å². The molecule has 0 unspecified atom stereocenters. The van der Waals surface area contributed by atoms with Gasteiger partial charge in [-0.15, -0.1) is 5.10 Å². The average Bonchev–Trinajstić information content (AvgIpc) is 2.64. The Morgan fingerprint density at radius 3 is 2.88 bits per heavy atom. The third kappa shape index (κ3) is 2.07. The summed E-state index contributed by atoms with van der Waals surface area (Å²) < 4.78 is 1.80. The maximum absolute atomic E-state index is 11.6. The molecule has 1 aromatic heterocycles. The van der Waals surface area contributed by atoms with Crippen LogP contribution < -0.4 is 0 Å². The van der Waals surface area contributed by atoms with E-state index >= 15 is 0 Å². The lowest BCUT2D eigenvalue weighted by Gasteiger charge is -2.33. The summed E-state index contributed by atoms with van der Waals surface area (Å²) in [7, 11) is 3.42. The number of carbonyl (C=O) groups excluding carboxylic acids is 1. The van der Waals surface area contributed by atoms with Gasteiger partial charge in [0, 0.05) is 14.1 Å². The fourth-order valence-corrected chi connectivity index (χ4v) is 2.15. The minimum atomic E-state index is -0.101. The first kappa shape index (κ1) is 11.4. The van der Waals surface area contributed by atoms with Crippen LogP contribution in [0, 0.1) is 5.92 Å². The molecular weight excluding hydrogens is 224 g/mol. The van der Waals surface area contributed by atoms with Crippen LogP contribution in [0.15, 0.2) is 6.20 Å². The molecule has 0 aromatic carbocycles. The smallest absolute Gasteiger partial charge is 0.275 e. The Balaban J connectivity index is 2.01. The van der Waals surface area contributed by atoms with Crippen molar-refractivity contribution < 1.29 is 4.79 Å². The van der Waals surface area contributed by atoms with Gasteiger partial charge in [-0.1, -0.05) is 5.21 Å². The van der Waals surface area contributed by atoms with Crippen LogP contribution >= 0.6 is 12.6 Å². The molecule has 6 heteroatoms. The van der Waals surface area contributed by atoms with E-state index in [0.717, 1.165) is 18.6 Å². The Morgan fingerprint density at radius 1 is 1.62 bits per heavy atom. The Bertz CT molecular complexity index is 384. The summed E-state index contributed by atoms with van der Waals surface area (Å²) in [4.78, 5) is 13.1. The van der Waals surface area contributed by atoms with Gasteiger partial charge in [-0.05, 0) is 24.5 Å². The van der Waals surface area contributed by atoms with Crippen molar-refractivity contribution in [2.75, 3.05) is 19.8 Å². The Kier molecular flexibility index (Phi) is 3.18. The van der Waals surface area contributed by atoms with Gasteiger partial charge in [0.05, 0.1) is 12.2 Å². The minimum absolute atomic E-state index is 0.101. The first-order valence-corrected chi connectivity index (χ1v) is 5.99. The topological polar surface area (TPSA) is 51.0 Å². The van der Waals surface area contributed by atoms with Crippen molar-refractivity contribution in [3.63, 3.8) is 0 Å². The number of rotatable bonds is 3. The van der Waals surface area contributed by atoms with Gasteiger partial charge in [0.2, 0.25) is 0 Å². The molecule has 88 valence electrons. The summed E-state index contributed by atoms with van der Waals surface area (Å²) in [6.45, 7) is 0. The average molecular weight is 240 g/mol. The highest BCUT2D eigenvalue weighted by atomic mass is 32.1. The second-order valence-electron chi connectivity index (χ2n) is 4.46. The van der Waals surface area contributed by atoms with Crippen LogP contribution in [0.1, 0.15) is 29.4 Å². The van der Waals surface area contributed by atoms with Gasteiger partial charge >= 0.3 is 0 Å². The molecule has 1 aliphatic rings. The number of carbonyl (C=O) groups is 1. The zero-order valence-electron chi connectivity index (χ0n) is 9.50. The molecule has 0 saturated heterocycles. The lowest BCUT2D eigenvalue weighted by atomic mass is 9.82. The molecule has 1 fully saturated rings. The van der Waals surface area contributed by atoms with Crippen LogP contribution in [0.5, 0.6) is 0 Å². The minimum Gasteiger partial charge on any atom is -0.343 e. The third-order valence-electron chi connectivity index (χ3n) is 2.98. The predicted molar refractivity (Wildman–Crippen MR) is 63.7 cm³/mol. The van der Waals surface area contributed by atoms with E-state index in [1.807, 2.05) is 0 Å². The lowest BCUT2D eigenvalue weighted by molar-refractivity contribution is 0.0822. The van der Waals surface area contributed by atoms with Gasteiger partial charge in [0.15, 0.2) is 5.69 Å². The molecular formula is C10H16N4OS. The number of amides is 1. The molecule has 1 amide bonds. The highest BCUT2D eigenvalue weighted by Gasteiger charge is 2.30. The second-order valence-corrected chi connectivity index (χ2v) is 4.82. The molecule has 1 heterocycles. The Hall–Kier alpha value is -1.04. The molecule has 16 heavy (non-hydrogen) atoms. The van der Waals surface area contributed by atoms with Crippen molar-refractivity contribution in [2.45, 2.75) is 18.9 Å². The molecule has 0 N–H and O–H groups in total. The predicted octanol–water partition coefficient (Wildman–Crippen LogP) is 0.861. The maximum atomic E-state index is 11.6. The SMILES string of the molecule is CN(C)C(=O)c1cn(C2CC(CS)C2)nn1. The molecule has 1 aliphatic carbocycles. The molecule has 0 bridgehead atoms. The summed E-state index contributed by atoms with van der Waals surface area (Å²) in [5.74, 6) is 1.51. The van der Waals surface area contributed by atoms with Gasteiger partial charge in [-0.2, -0.15) is 12.6 Å². The molecule has 0 spiro atoms. The van der Waals surface area contributed by atoms with Crippen molar-refractivity contribution >= 4 is 18.5 Å². The summed E-state index contributed by atoms with van der Waals surface area (Å²) in [5, 5.41) is 7.90. The van der Waals surface area contributed by atoms with Gasteiger partial charge < -0.3 is 4.90 Å². The van der Waals surface area contributed by atoms with Crippen LogP contribution in [-0.2, 0) is 0 Å². The molecule has 0 aliphatic heterocycles. The fraction of sp³-hybridized carbons (Fsp3) is 0.700. The van der Waals surface area contributed by atoms with Crippen LogP contribution in [-0.4, -0.2) is 45.6 Å². The molecule has 5 nitrogen and oxygen atoms in total. The lowest BCUT2D eigenvalue weighted by Crippen LogP contribution is -2.28. The van der Waals surface area contributed by atoms with E-state index in [4.69, 9.17) is 0 Å². The van der Waals surface area contributed by atoms with Gasteiger partial charge in [-0.25, -0.2) is 4.68 Å². The van der Waals surface area contributed by atoms with Crippen molar-refractivity contribution in [1.82, 2.24) is 19.9 Å². The zero-order valence-corrected chi connectivity index (χ0v) is 10.4. The van der Waals surface area contributed by atoms with E-state index in [0.29, 0.717) is 17.7 Å². The van der Waals surface area contributed by atoms with Crippen LogP contribution in [0.3, 0.4) is 0 Å². The molecule has 2 rings (SSSR count). The Morgan fingerprint density at radius 2 is 2.31 bits per heavy atom. The number of nitrogens with zero attached hydrogens (tertiary/aromatic N) is 4. The molecule has 0 atom stereocenters. The van der Waals surface area contributed by atoms with Crippen molar-refractivity contribution in [3.8, 4) is 0 Å². The van der Waals surface area contributed by atoms with Crippen molar-refractivity contribution in [1.29, 1.82) is 0 Å². The van der Waals surface area contributed by atoms with E-state index in [9.17, 15) is 4.79 Å². The largest absolute Gasteiger partial charge is 0.343 e. The van der Waals surface area contributed by atoms with Gasteiger partial charge in [0.25, 0.3) is 5.91 Å². The second kappa shape index (κ2) is 4.45. The standard InChI is InChI=1S/C10H16N4OS/c1-13(2)10(15)9-5-14(12-11-9)8-3-7(4-8)6-16/h5,7-8,16H,3-4,6H2,1-2H3. The normalized spacial score (nSPS) is 23.9. The Labute approximate surface area is 100 Å². The van der Waals surface area contributed by atoms with E-state index < -0.39 is 0 Å². The number of aromatic nitrogens is 3. The van der Waals surface area contributed by atoms with E-state index in [1.54, 1.807) is 25.0 Å². The zero-order chi connectivity index (χ0) is 11.7. The fourth-order valence-electron chi connectivity index (χ4n) is 1.85. The van der Waals surface area contributed by atoms with Crippen molar-refractivity contribution in [3.05, 3.63) is 11.9 Å². The molecule has 1 aromatic rings. The highest BCUT2D eigenvalue weighted by molar-refractivity contribution is 7.80. The quantitative estimate of drug-likeness (QED) is 0.797. The molecule has 0 radical (unpaired) electrons. The van der Waals surface area contributed by atoms with Gasteiger partial charge in [0.1, 0.15) is 0 Å². The summed E-state index contributed by atoms with van der Waals surface area (Å²) in [6, 6.07) is 0.397. The third-order valence-corrected chi connectivity index (χ3v) is 3.50. The summed E-state index contributed by atoms with van der Waals surface area (Å²) >= 11 is 4.26. The first-order valence-electron chi connectivity index (χ1n) is 5.36. The number of hydrogen-bond acceptors (Lipinski definition) is 4. The summed E-state index contributed by atoms with van der Waals surface area (Å²) in [5.41, 5.74) is 0.416. The monoisotopic (exact) mass is 240 g/mol. The van der Waals surface area contributed by atoms with Crippen LogP contribution in [0.2, 0.25) is 0 Å². The van der Waals surface area contributed by atoms with Crippen LogP contribution in [0.4, 0.5) is 0 Å². The molecule has 1 saturated carbocycles. The van der Waals surface area contributed by atoms with Crippen LogP contribution in [0.25, 0.3) is 0 Å². The van der Waals surface area contributed by atoms with E-state index in [-0.39, 0.29) is 5.91 Å². The first-order chi connectivity index (χ1) is 7.61. The number of thiol groups is 1. The van der Waals surface area contributed by atoms with E-state index in [2.05, 4.69) is 22.9 Å². The van der Waals surface area contributed by atoms with Crippen molar-refractivity contribution in [2.24, 2.45) is 5.92 Å².